The molecule has 0 saturated carbocycles. The molecule has 2 atom stereocenters. The molecule has 5 nitrogen and oxygen atoms in total. The van der Waals surface area contributed by atoms with E-state index < -0.39 is 24.5 Å². The van der Waals surface area contributed by atoms with Gasteiger partial charge in [0.2, 0.25) is 5.91 Å². The van der Waals surface area contributed by atoms with Crippen molar-refractivity contribution in [1.82, 2.24) is 4.90 Å². The standard InChI is InChI=1S/C14H15F2NO4/c1-2-17-10(18)7-21-12(14(19)20)11(17)8-4-3-5-9(6-8)13(15)16/h3-6,11-13H,2,7H2,1H3,(H,19,20). The Morgan fingerprint density at radius 2 is 2.24 bits per heavy atom. The van der Waals surface area contributed by atoms with E-state index in [0.29, 0.717) is 5.56 Å². The summed E-state index contributed by atoms with van der Waals surface area (Å²) >= 11 is 0. The van der Waals surface area contributed by atoms with Crippen LogP contribution in [0.1, 0.15) is 30.5 Å². The zero-order valence-electron chi connectivity index (χ0n) is 11.3. The van der Waals surface area contributed by atoms with Gasteiger partial charge in [0.05, 0.1) is 6.04 Å². The van der Waals surface area contributed by atoms with E-state index in [2.05, 4.69) is 0 Å². The second-order valence-electron chi connectivity index (χ2n) is 4.67. The number of nitrogens with zero attached hydrogens (tertiary/aromatic N) is 1. The second-order valence-corrected chi connectivity index (χ2v) is 4.67. The van der Waals surface area contributed by atoms with Crippen molar-refractivity contribution in [2.45, 2.75) is 25.5 Å². The molecule has 1 aliphatic rings. The molecule has 0 spiro atoms. The summed E-state index contributed by atoms with van der Waals surface area (Å²) in [6.07, 6.45) is -3.93. The second kappa shape index (κ2) is 6.17. The summed E-state index contributed by atoms with van der Waals surface area (Å²) < 4.78 is 30.7. The molecule has 7 heteroatoms. The van der Waals surface area contributed by atoms with E-state index in [1.807, 2.05) is 0 Å². The van der Waals surface area contributed by atoms with Gasteiger partial charge in [-0.25, -0.2) is 13.6 Å². The number of rotatable bonds is 4. The number of amides is 1. The summed E-state index contributed by atoms with van der Waals surface area (Å²) in [7, 11) is 0. The minimum atomic E-state index is -2.66. The quantitative estimate of drug-likeness (QED) is 0.923. The summed E-state index contributed by atoms with van der Waals surface area (Å²) in [4.78, 5) is 24.5. The van der Waals surface area contributed by atoms with E-state index in [0.717, 1.165) is 0 Å². The van der Waals surface area contributed by atoms with Crippen molar-refractivity contribution in [1.29, 1.82) is 0 Å². The number of ether oxygens (including phenoxy) is 1. The van der Waals surface area contributed by atoms with Crippen LogP contribution in [0, 0.1) is 0 Å². The number of benzene rings is 1. The molecule has 0 aliphatic carbocycles. The van der Waals surface area contributed by atoms with E-state index in [1.54, 1.807) is 6.92 Å². The average molecular weight is 299 g/mol. The van der Waals surface area contributed by atoms with Gasteiger partial charge in [-0.2, -0.15) is 0 Å². The summed E-state index contributed by atoms with van der Waals surface area (Å²) in [5.74, 6) is -1.59. The number of hydrogen-bond acceptors (Lipinski definition) is 3. The Hall–Kier alpha value is -2.02. The number of carbonyl (C=O) groups excluding carboxylic acids is 1. The first-order valence-corrected chi connectivity index (χ1v) is 6.47. The third-order valence-electron chi connectivity index (χ3n) is 3.42. The molecular formula is C14H15F2NO4. The highest BCUT2D eigenvalue weighted by molar-refractivity contribution is 5.83. The highest BCUT2D eigenvalue weighted by Crippen LogP contribution is 2.32. The van der Waals surface area contributed by atoms with Gasteiger partial charge in [-0.3, -0.25) is 4.79 Å². The Labute approximate surface area is 120 Å². The molecule has 0 radical (unpaired) electrons. The normalized spacial score (nSPS) is 22.7. The molecule has 0 aromatic heterocycles. The van der Waals surface area contributed by atoms with Crippen LogP contribution in [0.3, 0.4) is 0 Å². The van der Waals surface area contributed by atoms with Crippen molar-refractivity contribution in [2.75, 3.05) is 13.2 Å². The van der Waals surface area contributed by atoms with Crippen LogP contribution in [-0.2, 0) is 14.3 Å². The Balaban J connectivity index is 2.45. The molecule has 2 unspecified atom stereocenters. The number of carbonyl (C=O) groups is 2. The molecule has 1 saturated heterocycles. The molecule has 1 aromatic carbocycles. The van der Waals surface area contributed by atoms with Crippen LogP contribution in [0.25, 0.3) is 0 Å². The minimum absolute atomic E-state index is 0.217. The molecule has 114 valence electrons. The van der Waals surface area contributed by atoms with Crippen molar-refractivity contribution in [3.05, 3.63) is 35.4 Å². The van der Waals surface area contributed by atoms with E-state index in [9.17, 15) is 23.5 Å². The summed E-state index contributed by atoms with van der Waals surface area (Å²) in [6.45, 7) is 1.65. The Morgan fingerprint density at radius 3 is 2.81 bits per heavy atom. The van der Waals surface area contributed by atoms with Crippen LogP contribution in [-0.4, -0.2) is 41.1 Å². The van der Waals surface area contributed by atoms with Gasteiger partial charge in [-0.15, -0.1) is 0 Å². The topological polar surface area (TPSA) is 66.8 Å². The van der Waals surface area contributed by atoms with Crippen LogP contribution in [0.15, 0.2) is 24.3 Å². The van der Waals surface area contributed by atoms with Crippen LogP contribution >= 0.6 is 0 Å². The molecule has 1 aliphatic heterocycles. The summed E-state index contributed by atoms with van der Waals surface area (Å²) in [6, 6.07) is 4.51. The molecule has 1 fully saturated rings. The van der Waals surface area contributed by atoms with Gasteiger partial charge >= 0.3 is 5.97 Å². The monoisotopic (exact) mass is 299 g/mol. The number of likely N-dealkylation sites (N-methyl/N-ethyl adjacent to an activating group) is 1. The fourth-order valence-electron chi connectivity index (χ4n) is 2.47. The lowest BCUT2D eigenvalue weighted by Gasteiger charge is -2.39. The first kappa shape index (κ1) is 15.4. The first-order chi connectivity index (χ1) is 9.95. The maximum Gasteiger partial charge on any atom is 0.335 e. The van der Waals surface area contributed by atoms with Crippen LogP contribution < -0.4 is 0 Å². The number of halogens is 2. The first-order valence-electron chi connectivity index (χ1n) is 6.47. The van der Waals surface area contributed by atoms with Gasteiger partial charge in [-0.05, 0) is 18.6 Å². The molecular weight excluding hydrogens is 284 g/mol. The lowest BCUT2D eigenvalue weighted by Crippen LogP contribution is -2.51. The van der Waals surface area contributed by atoms with Crippen LogP contribution in [0.5, 0.6) is 0 Å². The largest absolute Gasteiger partial charge is 0.479 e. The Kier molecular flexibility index (Phi) is 4.52. The van der Waals surface area contributed by atoms with Crippen molar-refractivity contribution < 1.29 is 28.2 Å². The predicted molar refractivity (Wildman–Crippen MR) is 68.9 cm³/mol. The number of carboxylic acids is 1. The maximum absolute atomic E-state index is 12.8. The smallest absolute Gasteiger partial charge is 0.335 e. The number of hydrogen-bond donors (Lipinski definition) is 1. The van der Waals surface area contributed by atoms with E-state index in [1.165, 1.54) is 29.2 Å². The maximum atomic E-state index is 12.8. The number of alkyl halides is 2. The van der Waals surface area contributed by atoms with Gasteiger partial charge in [0.1, 0.15) is 6.61 Å². The summed E-state index contributed by atoms with van der Waals surface area (Å²) in [5.41, 5.74) is 0.112. The highest BCUT2D eigenvalue weighted by Gasteiger charge is 2.41. The van der Waals surface area contributed by atoms with Gasteiger partial charge < -0.3 is 14.7 Å². The lowest BCUT2D eigenvalue weighted by atomic mass is 9.96. The van der Waals surface area contributed by atoms with Crippen LogP contribution in [0.2, 0.25) is 0 Å². The van der Waals surface area contributed by atoms with E-state index >= 15 is 0 Å². The van der Waals surface area contributed by atoms with Crippen LogP contribution in [0.4, 0.5) is 8.78 Å². The van der Waals surface area contributed by atoms with Crippen molar-refractivity contribution in [3.8, 4) is 0 Å². The van der Waals surface area contributed by atoms with Crippen molar-refractivity contribution in [2.24, 2.45) is 0 Å². The van der Waals surface area contributed by atoms with Gasteiger partial charge in [0.25, 0.3) is 6.43 Å². The molecule has 1 heterocycles. The Morgan fingerprint density at radius 1 is 1.52 bits per heavy atom. The Bertz CT molecular complexity index is 548. The third kappa shape index (κ3) is 3.02. The predicted octanol–water partition coefficient (Wildman–Crippen LogP) is 2.00. The molecule has 0 bridgehead atoms. The van der Waals surface area contributed by atoms with E-state index in [-0.39, 0.29) is 24.6 Å². The fourth-order valence-corrected chi connectivity index (χ4v) is 2.47. The fraction of sp³-hybridized carbons (Fsp3) is 0.429. The van der Waals surface area contributed by atoms with Gasteiger partial charge in [0, 0.05) is 12.1 Å². The average Bonchev–Trinajstić information content (AvgIpc) is 2.46. The zero-order valence-corrected chi connectivity index (χ0v) is 11.3. The SMILES string of the molecule is CCN1C(=O)COC(C(=O)O)C1c1cccc(C(F)F)c1. The zero-order chi connectivity index (χ0) is 15.6. The molecule has 2 rings (SSSR count). The number of morpholine rings is 1. The third-order valence-corrected chi connectivity index (χ3v) is 3.42. The van der Waals surface area contributed by atoms with Gasteiger partial charge in [0.15, 0.2) is 6.10 Å². The minimum Gasteiger partial charge on any atom is -0.479 e. The highest BCUT2D eigenvalue weighted by atomic mass is 19.3. The molecule has 21 heavy (non-hydrogen) atoms. The molecule has 1 amide bonds. The summed E-state index contributed by atoms with van der Waals surface area (Å²) in [5, 5.41) is 9.24. The van der Waals surface area contributed by atoms with Crippen molar-refractivity contribution in [3.63, 3.8) is 0 Å². The molecule has 1 aromatic rings. The van der Waals surface area contributed by atoms with Crippen molar-refractivity contribution >= 4 is 11.9 Å². The van der Waals surface area contributed by atoms with Gasteiger partial charge in [-0.1, -0.05) is 18.2 Å². The lowest BCUT2D eigenvalue weighted by molar-refractivity contribution is -0.172. The van der Waals surface area contributed by atoms with E-state index in [4.69, 9.17) is 4.74 Å². The number of aliphatic carboxylic acids is 1. The number of carboxylic acid groups (broad SMARTS) is 1. The molecule has 1 N–H and O–H groups in total.